The Morgan fingerprint density at radius 2 is 1.81 bits per heavy atom. The molecule has 0 fully saturated rings. The van der Waals surface area contributed by atoms with E-state index in [1.807, 2.05) is 12.3 Å². The number of aromatic nitrogens is 6. The lowest BCUT2D eigenvalue weighted by Gasteiger charge is -2.18. The van der Waals surface area contributed by atoms with E-state index in [0.717, 1.165) is 16.5 Å². The summed E-state index contributed by atoms with van der Waals surface area (Å²) in [6.45, 7) is 3.67. The van der Waals surface area contributed by atoms with E-state index in [-0.39, 0.29) is 12.5 Å². The number of rotatable bonds is 8. The molecular formula is C25H24Cl2N6O4. The van der Waals surface area contributed by atoms with Crippen molar-refractivity contribution in [2.24, 2.45) is 0 Å². The van der Waals surface area contributed by atoms with Crippen molar-refractivity contribution in [3.05, 3.63) is 52.7 Å². The number of aromatic amines is 1. The molecule has 0 saturated carbocycles. The summed E-state index contributed by atoms with van der Waals surface area (Å²) in [6, 6.07) is 7.01. The molecule has 2 N–H and O–H groups in total. The van der Waals surface area contributed by atoms with Crippen LogP contribution in [0.3, 0.4) is 0 Å². The third kappa shape index (κ3) is 5.13. The van der Waals surface area contributed by atoms with Gasteiger partial charge in [0.05, 0.1) is 36.9 Å². The Kier molecular flexibility index (Phi) is 6.57. The molecule has 0 bridgehead atoms. The number of hydrogen-bond donors (Lipinski definition) is 2. The lowest BCUT2D eigenvalue weighted by atomic mass is 10.0. The molecule has 0 saturated heterocycles. The first-order valence-electron chi connectivity index (χ1n) is 11.3. The molecule has 12 heteroatoms. The molecule has 37 heavy (non-hydrogen) atoms. The Morgan fingerprint density at radius 3 is 2.54 bits per heavy atom. The summed E-state index contributed by atoms with van der Waals surface area (Å²) in [5.74, 6) is 1.97. The molecule has 0 spiro atoms. The van der Waals surface area contributed by atoms with Crippen LogP contribution in [0.1, 0.15) is 19.7 Å². The summed E-state index contributed by atoms with van der Waals surface area (Å²) in [7, 11) is 3.11. The second kappa shape index (κ2) is 9.70. The Bertz CT molecular complexity index is 1610. The molecule has 0 amide bonds. The molecule has 0 aliphatic heterocycles. The molecule has 1 aromatic carbocycles. The van der Waals surface area contributed by atoms with E-state index in [1.54, 1.807) is 57.1 Å². The predicted molar refractivity (Wildman–Crippen MR) is 141 cm³/mol. The number of hydrogen-bond acceptors (Lipinski definition) is 8. The second-order valence-electron chi connectivity index (χ2n) is 9.04. The van der Waals surface area contributed by atoms with Gasteiger partial charge in [-0.25, -0.2) is 15.0 Å². The van der Waals surface area contributed by atoms with E-state index in [1.165, 1.54) is 0 Å². The average Bonchev–Trinajstić information content (AvgIpc) is 3.45. The first-order valence-corrected chi connectivity index (χ1v) is 12.0. The third-order valence-corrected chi connectivity index (χ3v) is 6.09. The van der Waals surface area contributed by atoms with Gasteiger partial charge in [0.25, 0.3) is 0 Å². The van der Waals surface area contributed by atoms with Crippen LogP contribution in [0.25, 0.3) is 33.2 Å². The van der Waals surface area contributed by atoms with E-state index in [9.17, 15) is 5.11 Å². The molecule has 4 heterocycles. The number of pyridine rings is 2. The largest absolute Gasteiger partial charge is 0.493 e. The minimum Gasteiger partial charge on any atom is -0.493 e. The quantitative estimate of drug-likeness (QED) is 0.266. The van der Waals surface area contributed by atoms with Gasteiger partial charge in [0.2, 0.25) is 5.88 Å². The Hall–Kier alpha value is -3.60. The highest BCUT2D eigenvalue weighted by Crippen LogP contribution is 2.41. The van der Waals surface area contributed by atoms with Gasteiger partial charge < -0.3 is 24.3 Å². The van der Waals surface area contributed by atoms with Crippen molar-refractivity contribution in [2.45, 2.75) is 26.0 Å². The minimum absolute atomic E-state index is 0.0361. The van der Waals surface area contributed by atoms with Crippen molar-refractivity contribution >= 4 is 45.3 Å². The number of nitrogens with zero attached hydrogens (tertiary/aromatic N) is 5. The highest BCUT2D eigenvalue weighted by atomic mass is 35.5. The van der Waals surface area contributed by atoms with Crippen molar-refractivity contribution in [1.29, 1.82) is 0 Å². The number of H-pyrrole nitrogens is 1. The van der Waals surface area contributed by atoms with Gasteiger partial charge in [0.15, 0.2) is 22.7 Å². The highest BCUT2D eigenvalue weighted by molar-refractivity contribution is 6.34. The first-order chi connectivity index (χ1) is 17.6. The maximum Gasteiger partial charge on any atom is 0.242 e. The molecule has 0 aliphatic carbocycles. The van der Waals surface area contributed by atoms with Crippen molar-refractivity contribution in [1.82, 2.24) is 29.7 Å². The van der Waals surface area contributed by atoms with Crippen LogP contribution < -0.4 is 14.2 Å². The molecule has 10 nitrogen and oxygen atoms in total. The van der Waals surface area contributed by atoms with Gasteiger partial charge in [-0.2, -0.15) is 5.10 Å². The molecule has 5 rings (SSSR count). The van der Waals surface area contributed by atoms with Gasteiger partial charge in [-0.05, 0) is 32.0 Å². The summed E-state index contributed by atoms with van der Waals surface area (Å²) in [5.41, 5.74) is 2.15. The summed E-state index contributed by atoms with van der Waals surface area (Å²) < 4.78 is 18.4. The molecule has 4 aromatic heterocycles. The van der Waals surface area contributed by atoms with Crippen LogP contribution in [0.4, 0.5) is 0 Å². The highest BCUT2D eigenvalue weighted by Gasteiger charge is 2.21. The minimum atomic E-state index is -1.05. The molecule has 0 unspecified atom stereocenters. The number of ether oxygens (including phenoxy) is 3. The van der Waals surface area contributed by atoms with Crippen LogP contribution >= 0.6 is 23.2 Å². The van der Waals surface area contributed by atoms with E-state index < -0.39 is 5.60 Å². The normalized spacial score (nSPS) is 11.9. The number of imidazole rings is 1. The van der Waals surface area contributed by atoms with E-state index in [4.69, 9.17) is 42.5 Å². The van der Waals surface area contributed by atoms with Crippen LogP contribution in [0.15, 0.2) is 36.7 Å². The number of methoxy groups -OCH3 is 2. The SMILES string of the molecule is COc1cc(Cl)c(-c2cnc(OCC(C)(C)O)c3nn(Cc4nc5nc(Cl)ccc5[nH]4)cc23)cc1OC. The van der Waals surface area contributed by atoms with Crippen molar-refractivity contribution in [3.8, 4) is 28.5 Å². The second-order valence-corrected chi connectivity index (χ2v) is 9.84. The summed E-state index contributed by atoms with van der Waals surface area (Å²) in [4.78, 5) is 16.5. The van der Waals surface area contributed by atoms with Crippen LogP contribution in [0.2, 0.25) is 10.2 Å². The Labute approximate surface area is 222 Å². The zero-order chi connectivity index (χ0) is 26.3. The van der Waals surface area contributed by atoms with E-state index >= 15 is 0 Å². The number of halogens is 2. The van der Waals surface area contributed by atoms with Crippen LogP contribution in [-0.2, 0) is 6.54 Å². The summed E-state index contributed by atoms with van der Waals surface area (Å²) >= 11 is 12.6. The lowest BCUT2D eigenvalue weighted by Crippen LogP contribution is -2.28. The molecule has 0 radical (unpaired) electrons. The zero-order valence-electron chi connectivity index (χ0n) is 20.5. The molecule has 5 aromatic rings. The topological polar surface area (TPSA) is 120 Å². The standard InChI is InChI=1S/C25H24Cl2N6O4/c1-25(2,34)12-37-24-22-15(14(9-28-24)13-7-18(35-3)19(36-4)8-16(13)26)10-33(32-22)11-21-29-17-5-6-20(27)30-23(17)31-21/h5-10,34H,11-12H2,1-4H3,(H,29,30,31). The van der Waals surface area contributed by atoms with Crippen molar-refractivity contribution in [3.63, 3.8) is 0 Å². The first kappa shape index (κ1) is 25.1. The molecule has 0 atom stereocenters. The molecular weight excluding hydrogens is 519 g/mol. The maximum absolute atomic E-state index is 10.2. The van der Waals surface area contributed by atoms with E-state index in [0.29, 0.717) is 50.8 Å². The fourth-order valence-corrected chi connectivity index (χ4v) is 4.28. The average molecular weight is 543 g/mol. The van der Waals surface area contributed by atoms with Gasteiger partial charge in [-0.15, -0.1) is 0 Å². The van der Waals surface area contributed by atoms with Gasteiger partial charge >= 0.3 is 0 Å². The van der Waals surface area contributed by atoms with Gasteiger partial charge in [-0.1, -0.05) is 23.2 Å². The number of benzene rings is 1. The van der Waals surface area contributed by atoms with Crippen molar-refractivity contribution < 1.29 is 19.3 Å². The number of nitrogens with one attached hydrogen (secondary N) is 1. The zero-order valence-corrected chi connectivity index (χ0v) is 22.1. The lowest BCUT2D eigenvalue weighted by molar-refractivity contribution is 0.0274. The smallest absolute Gasteiger partial charge is 0.242 e. The van der Waals surface area contributed by atoms with Crippen LogP contribution in [-0.4, -0.2) is 61.3 Å². The van der Waals surface area contributed by atoms with Gasteiger partial charge in [0, 0.05) is 35.0 Å². The maximum atomic E-state index is 10.2. The fraction of sp³-hybridized carbons (Fsp3) is 0.280. The number of aliphatic hydroxyl groups is 1. The van der Waals surface area contributed by atoms with Gasteiger partial charge in [-0.3, -0.25) is 4.68 Å². The monoisotopic (exact) mass is 542 g/mol. The molecule has 0 aliphatic rings. The Balaban J connectivity index is 1.62. The third-order valence-electron chi connectivity index (χ3n) is 5.56. The fourth-order valence-electron chi connectivity index (χ4n) is 3.88. The van der Waals surface area contributed by atoms with Gasteiger partial charge in [0.1, 0.15) is 17.6 Å². The van der Waals surface area contributed by atoms with Crippen molar-refractivity contribution in [2.75, 3.05) is 20.8 Å². The predicted octanol–water partition coefficient (Wildman–Crippen LogP) is 4.89. The summed E-state index contributed by atoms with van der Waals surface area (Å²) in [6.07, 6.45) is 3.53. The Morgan fingerprint density at radius 1 is 1.05 bits per heavy atom. The van der Waals surface area contributed by atoms with E-state index in [2.05, 4.69) is 19.9 Å². The molecule has 192 valence electrons. The van der Waals surface area contributed by atoms with Crippen LogP contribution in [0, 0.1) is 0 Å². The number of fused-ring (bicyclic) bond motifs is 2. The summed E-state index contributed by atoms with van der Waals surface area (Å²) in [5, 5.41) is 16.5. The van der Waals surface area contributed by atoms with Crippen LogP contribution in [0.5, 0.6) is 17.4 Å².